The zero-order valence-corrected chi connectivity index (χ0v) is 15.3. The lowest BCUT2D eigenvalue weighted by Crippen LogP contribution is -2.47. The molecule has 126 valence electrons. The highest BCUT2D eigenvalue weighted by Crippen LogP contribution is 2.31. The average Bonchev–Trinajstić information content (AvgIpc) is 2.83. The van der Waals surface area contributed by atoms with E-state index in [0.717, 1.165) is 31.7 Å². The van der Waals surface area contributed by atoms with Crippen molar-refractivity contribution in [3.63, 3.8) is 0 Å². The van der Waals surface area contributed by atoms with Crippen molar-refractivity contribution >= 4 is 46.2 Å². The normalized spacial score (nSPS) is 21.0. The van der Waals surface area contributed by atoms with Crippen LogP contribution in [0, 0.1) is 0 Å². The van der Waals surface area contributed by atoms with Crippen molar-refractivity contribution in [1.82, 2.24) is 14.7 Å². The number of likely N-dealkylation sites (N-methyl/N-ethyl adjacent to an activating group) is 2. The minimum Gasteiger partial charge on any atom is -0.336 e. The summed E-state index contributed by atoms with van der Waals surface area (Å²) in [6.07, 6.45) is 1.81. The number of thioether (sulfide) groups is 1. The monoisotopic (exact) mass is 361 g/mol. The number of nitrogens with zero attached hydrogens (tertiary/aromatic N) is 3. The molecule has 5 nitrogen and oxygen atoms in total. The molecule has 2 saturated heterocycles. The van der Waals surface area contributed by atoms with Crippen LogP contribution in [0.1, 0.15) is 15.9 Å². The first-order valence-corrected chi connectivity index (χ1v) is 8.97. The van der Waals surface area contributed by atoms with Gasteiger partial charge >= 0.3 is 0 Å². The predicted molar refractivity (Wildman–Crippen MR) is 101 cm³/mol. The van der Waals surface area contributed by atoms with E-state index in [1.807, 2.05) is 35.2 Å². The summed E-state index contributed by atoms with van der Waals surface area (Å²) < 4.78 is 0.563. The van der Waals surface area contributed by atoms with E-state index in [0.29, 0.717) is 14.8 Å². The second-order valence-corrected chi connectivity index (χ2v) is 7.63. The minimum absolute atomic E-state index is 0.0644. The van der Waals surface area contributed by atoms with Gasteiger partial charge in [-0.15, -0.1) is 0 Å². The molecule has 2 aliphatic heterocycles. The third kappa shape index (κ3) is 3.53. The molecule has 0 saturated carbocycles. The molecule has 0 N–H and O–H groups in total. The van der Waals surface area contributed by atoms with E-state index >= 15 is 0 Å². The maximum absolute atomic E-state index is 12.5. The number of hydrogen-bond acceptors (Lipinski definition) is 5. The summed E-state index contributed by atoms with van der Waals surface area (Å²) in [4.78, 5) is 30.7. The number of rotatable bonds is 2. The van der Waals surface area contributed by atoms with Crippen LogP contribution >= 0.6 is 24.0 Å². The molecule has 2 aliphatic rings. The lowest BCUT2D eigenvalue weighted by molar-refractivity contribution is -0.121. The largest absolute Gasteiger partial charge is 0.336 e. The molecule has 2 amide bonds. The number of amides is 2. The van der Waals surface area contributed by atoms with Crippen LogP contribution in [0.15, 0.2) is 29.2 Å². The molecule has 0 aliphatic carbocycles. The summed E-state index contributed by atoms with van der Waals surface area (Å²) in [6.45, 7) is 3.33. The Morgan fingerprint density at radius 3 is 2.29 bits per heavy atom. The number of carbonyl (C=O) groups is 2. The summed E-state index contributed by atoms with van der Waals surface area (Å²) in [6, 6.07) is 7.37. The van der Waals surface area contributed by atoms with Gasteiger partial charge in [0.05, 0.1) is 4.91 Å². The predicted octanol–water partition coefficient (Wildman–Crippen LogP) is 1.91. The second kappa shape index (κ2) is 7.04. The smallest absolute Gasteiger partial charge is 0.265 e. The number of piperazine rings is 1. The van der Waals surface area contributed by atoms with Crippen LogP contribution in [0.25, 0.3) is 6.08 Å². The van der Waals surface area contributed by atoms with Crippen molar-refractivity contribution in [3.8, 4) is 0 Å². The first-order chi connectivity index (χ1) is 11.5. The van der Waals surface area contributed by atoms with Crippen molar-refractivity contribution in [2.45, 2.75) is 0 Å². The lowest BCUT2D eigenvalue weighted by atomic mass is 10.1. The molecule has 24 heavy (non-hydrogen) atoms. The zero-order chi connectivity index (χ0) is 17.3. The highest BCUT2D eigenvalue weighted by molar-refractivity contribution is 8.26. The third-order valence-electron chi connectivity index (χ3n) is 4.23. The molecule has 2 heterocycles. The van der Waals surface area contributed by atoms with Crippen LogP contribution in [0.5, 0.6) is 0 Å². The number of thiocarbonyl (C=S) groups is 1. The molecule has 0 radical (unpaired) electrons. The van der Waals surface area contributed by atoms with Gasteiger partial charge in [0.2, 0.25) is 0 Å². The van der Waals surface area contributed by atoms with Crippen LogP contribution < -0.4 is 0 Å². The maximum atomic E-state index is 12.5. The fourth-order valence-electron chi connectivity index (χ4n) is 2.61. The summed E-state index contributed by atoms with van der Waals surface area (Å²) >= 11 is 6.42. The highest BCUT2D eigenvalue weighted by atomic mass is 32.2. The molecule has 7 heteroatoms. The Morgan fingerprint density at radius 2 is 1.75 bits per heavy atom. The topological polar surface area (TPSA) is 43.9 Å². The molecule has 1 aromatic carbocycles. The van der Waals surface area contributed by atoms with Crippen LogP contribution in [0.3, 0.4) is 0 Å². The van der Waals surface area contributed by atoms with Crippen LogP contribution in [0.2, 0.25) is 0 Å². The average molecular weight is 361 g/mol. The van der Waals surface area contributed by atoms with Crippen molar-refractivity contribution in [2.75, 3.05) is 40.3 Å². The molecule has 2 fully saturated rings. The third-order valence-corrected chi connectivity index (χ3v) is 5.72. The molecule has 0 bridgehead atoms. The van der Waals surface area contributed by atoms with Gasteiger partial charge in [-0.1, -0.05) is 36.1 Å². The Morgan fingerprint density at radius 1 is 1.12 bits per heavy atom. The highest BCUT2D eigenvalue weighted by Gasteiger charge is 2.28. The summed E-state index contributed by atoms with van der Waals surface area (Å²) in [5.74, 6) is -0.0166. The number of hydrogen-bond donors (Lipinski definition) is 0. The van der Waals surface area contributed by atoms with Crippen molar-refractivity contribution < 1.29 is 9.59 Å². The standard InChI is InChI=1S/C17H19N3O2S2/c1-18-7-9-20(10-8-18)15(21)13-5-3-12(4-6-13)11-14-16(22)19(2)17(23)24-14/h3-6,11H,7-10H2,1-2H3. The van der Waals surface area contributed by atoms with Crippen LogP contribution in [-0.4, -0.2) is 71.1 Å². The Balaban J connectivity index is 1.71. The van der Waals surface area contributed by atoms with Gasteiger partial charge in [-0.25, -0.2) is 0 Å². The minimum atomic E-state index is -0.0809. The van der Waals surface area contributed by atoms with Crippen LogP contribution in [0.4, 0.5) is 0 Å². The molecular formula is C17H19N3O2S2. The first kappa shape index (κ1) is 17.1. The van der Waals surface area contributed by atoms with Crippen molar-refractivity contribution in [1.29, 1.82) is 0 Å². The molecule has 1 aromatic rings. The fraction of sp³-hybridized carbons (Fsp3) is 0.353. The molecule has 0 atom stereocenters. The lowest BCUT2D eigenvalue weighted by Gasteiger charge is -2.32. The summed E-state index contributed by atoms with van der Waals surface area (Å²) in [5.41, 5.74) is 1.57. The zero-order valence-electron chi connectivity index (χ0n) is 13.7. The van der Waals surface area contributed by atoms with Gasteiger partial charge in [-0.3, -0.25) is 14.5 Å². The quantitative estimate of drug-likeness (QED) is 0.595. The number of carbonyl (C=O) groups excluding carboxylic acids is 2. The van der Waals surface area contributed by atoms with Gasteiger partial charge in [0.25, 0.3) is 11.8 Å². The van der Waals surface area contributed by atoms with E-state index in [-0.39, 0.29) is 11.8 Å². The SMILES string of the molecule is CN1CCN(C(=O)c2ccc(C=C3SC(=S)N(C)C3=O)cc2)CC1. The fourth-order valence-corrected chi connectivity index (χ4v) is 3.79. The second-order valence-electron chi connectivity index (χ2n) is 5.96. The molecule has 0 aromatic heterocycles. The molecule has 0 unspecified atom stereocenters. The first-order valence-electron chi connectivity index (χ1n) is 7.75. The van der Waals surface area contributed by atoms with E-state index < -0.39 is 0 Å². The van der Waals surface area contributed by atoms with Gasteiger partial charge < -0.3 is 9.80 Å². The molecule has 3 rings (SSSR count). The molecular weight excluding hydrogens is 342 g/mol. The Kier molecular flexibility index (Phi) is 5.03. The van der Waals surface area contributed by atoms with Gasteiger partial charge in [0.15, 0.2) is 0 Å². The maximum Gasteiger partial charge on any atom is 0.265 e. The van der Waals surface area contributed by atoms with Crippen molar-refractivity contribution in [2.24, 2.45) is 0 Å². The van der Waals surface area contributed by atoms with Gasteiger partial charge in [0, 0.05) is 38.8 Å². The number of benzene rings is 1. The van der Waals surface area contributed by atoms with E-state index in [2.05, 4.69) is 11.9 Å². The van der Waals surface area contributed by atoms with Gasteiger partial charge in [-0.2, -0.15) is 0 Å². The summed E-state index contributed by atoms with van der Waals surface area (Å²) in [5, 5.41) is 0. The van der Waals surface area contributed by atoms with E-state index in [9.17, 15) is 9.59 Å². The Hall–Kier alpha value is -1.70. The molecule has 0 spiro atoms. The van der Waals surface area contributed by atoms with Gasteiger partial charge in [-0.05, 0) is 30.8 Å². The van der Waals surface area contributed by atoms with E-state index in [4.69, 9.17) is 12.2 Å². The Bertz CT molecular complexity index is 707. The van der Waals surface area contributed by atoms with Gasteiger partial charge in [0.1, 0.15) is 4.32 Å². The Labute approximate surface area is 151 Å². The van der Waals surface area contributed by atoms with Crippen molar-refractivity contribution in [3.05, 3.63) is 40.3 Å². The van der Waals surface area contributed by atoms with E-state index in [1.165, 1.54) is 16.7 Å². The van der Waals surface area contributed by atoms with E-state index in [1.54, 1.807) is 7.05 Å². The van der Waals surface area contributed by atoms with Crippen LogP contribution in [-0.2, 0) is 4.79 Å². The summed E-state index contributed by atoms with van der Waals surface area (Å²) in [7, 11) is 3.74.